The Bertz CT molecular complexity index is 1570. The van der Waals surface area contributed by atoms with Crippen molar-refractivity contribution in [2.75, 3.05) is 13.1 Å². The Hall–Kier alpha value is -4.18. The smallest absolute Gasteiger partial charge is 0.444 e. The van der Waals surface area contributed by atoms with Crippen molar-refractivity contribution in [2.45, 2.75) is 104 Å². The number of rotatable bonds is 10. The molecule has 3 amide bonds. The van der Waals surface area contributed by atoms with Gasteiger partial charge in [-0.05, 0) is 52.0 Å². The molecule has 0 aliphatic carbocycles. The molecule has 3 atom stereocenters. The number of amides is 3. The summed E-state index contributed by atoms with van der Waals surface area (Å²) in [6.07, 6.45) is -5.27. The van der Waals surface area contributed by atoms with Gasteiger partial charge in [-0.15, -0.1) is 10.2 Å². The largest absolute Gasteiger partial charge is 0.451 e. The van der Waals surface area contributed by atoms with Crippen LogP contribution in [0.2, 0.25) is 0 Å². The number of Topliss-reactive ketones (excluding diaryl/α,β-unsaturated/α-hetero) is 1. The molecule has 3 heterocycles. The van der Waals surface area contributed by atoms with Crippen LogP contribution < -0.4 is 5.32 Å². The van der Waals surface area contributed by atoms with Crippen molar-refractivity contribution in [2.24, 2.45) is 11.8 Å². The SMILES string of the molecule is CC(C)C(NC(=O)OC(C)(C)C)C(=O)N1CCCC1C(=O)N(CCC(=O)C1CCn2c(nnc2C(F)(F)F)C1)Cc1cc(F)c(F)cc1F. The summed E-state index contributed by atoms with van der Waals surface area (Å²) in [5.41, 5.74) is -1.21. The fraction of sp³-hybridized carbons (Fsp3) is 0.625. The first-order chi connectivity index (χ1) is 22.8. The molecule has 2 aliphatic heterocycles. The Kier molecular flexibility index (Phi) is 11.3. The number of halogens is 6. The van der Waals surface area contributed by atoms with E-state index in [2.05, 4.69) is 15.5 Å². The van der Waals surface area contributed by atoms with E-state index in [0.717, 1.165) is 9.47 Å². The maximum Gasteiger partial charge on any atom is 0.451 e. The number of alkyl halides is 3. The lowest BCUT2D eigenvalue weighted by Crippen LogP contribution is -2.56. The second-order valence-corrected chi connectivity index (χ2v) is 13.7. The number of nitrogens with zero attached hydrogens (tertiary/aromatic N) is 5. The third kappa shape index (κ3) is 9.09. The molecule has 17 heteroatoms. The highest BCUT2D eigenvalue weighted by molar-refractivity contribution is 5.92. The highest BCUT2D eigenvalue weighted by Crippen LogP contribution is 2.32. The summed E-state index contributed by atoms with van der Waals surface area (Å²) in [4.78, 5) is 56.0. The van der Waals surface area contributed by atoms with Gasteiger partial charge in [-0.25, -0.2) is 18.0 Å². The molecule has 4 rings (SSSR count). The van der Waals surface area contributed by atoms with Gasteiger partial charge in [0.05, 0.1) is 0 Å². The van der Waals surface area contributed by atoms with E-state index < -0.39 is 89.2 Å². The first-order valence-electron chi connectivity index (χ1n) is 16.0. The molecular formula is C32H40F6N6O5. The lowest BCUT2D eigenvalue weighted by molar-refractivity contribution is -0.147. The third-order valence-corrected chi connectivity index (χ3v) is 8.48. The van der Waals surface area contributed by atoms with Crippen LogP contribution in [0.1, 0.15) is 77.5 Å². The number of ether oxygens (including phenoxy) is 1. The summed E-state index contributed by atoms with van der Waals surface area (Å²) >= 11 is 0. The molecule has 11 nitrogen and oxygen atoms in total. The topological polar surface area (TPSA) is 127 Å². The average molecular weight is 703 g/mol. The van der Waals surface area contributed by atoms with Crippen LogP contribution in [0.4, 0.5) is 31.1 Å². The molecule has 1 N–H and O–H groups in total. The normalized spacial score (nSPS) is 18.7. The van der Waals surface area contributed by atoms with Crippen molar-refractivity contribution in [3.8, 4) is 0 Å². The molecular weight excluding hydrogens is 662 g/mol. The van der Waals surface area contributed by atoms with Gasteiger partial charge in [0, 0.05) is 56.6 Å². The lowest BCUT2D eigenvalue weighted by atomic mass is 9.91. The fourth-order valence-corrected chi connectivity index (χ4v) is 6.04. The number of benzene rings is 1. The molecule has 2 aromatic rings. The second-order valence-electron chi connectivity index (χ2n) is 13.7. The molecule has 2 aliphatic rings. The van der Waals surface area contributed by atoms with Gasteiger partial charge in [0.25, 0.3) is 0 Å². The van der Waals surface area contributed by atoms with Crippen molar-refractivity contribution >= 4 is 23.7 Å². The van der Waals surface area contributed by atoms with E-state index in [-0.39, 0.29) is 56.7 Å². The Morgan fingerprint density at radius 3 is 2.31 bits per heavy atom. The summed E-state index contributed by atoms with van der Waals surface area (Å²) in [5, 5.41) is 9.38. The molecule has 0 bridgehead atoms. The van der Waals surface area contributed by atoms with Crippen LogP contribution >= 0.6 is 0 Å². The van der Waals surface area contributed by atoms with Crippen molar-refractivity contribution in [1.29, 1.82) is 0 Å². The number of nitrogens with one attached hydrogen (secondary N) is 1. The summed E-state index contributed by atoms with van der Waals surface area (Å²) in [6, 6.07) is -1.19. The Balaban J connectivity index is 1.53. The molecule has 1 aromatic carbocycles. The first-order valence-corrected chi connectivity index (χ1v) is 16.0. The van der Waals surface area contributed by atoms with Crippen molar-refractivity contribution in [3.63, 3.8) is 0 Å². The van der Waals surface area contributed by atoms with Crippen LogP contribution in [0.15, 0.2) is 12.1 Å². The van der Waals surface area contributed by atoms with Crippen LogP contribution in [0, 0.1) is 29.3 Å². The zero-order valence-corrected chi connectivity index (χ0v) is 27.9. The van der Waals surface area contributed by atoms with Crippen LogP contribution in [-0.4, -0.2) is 79.0 Å². The number of likely N-dealkylation sites (tertiary alicyclic amines) is 1. The van der Waals surface area contributed by atoms with Crippen LogP contribution in [-0.2, 0) is 44.8 Å². The van der Waals surface area contributed by atoms with Crippen molar-refractivity contribution in [1.82, 2.24) is 29.9 Å². The van der Waals surface area contributed by atoms with E-state index in [1.165, 1.54) is 4.90 Å². The summed E-state index contributed by atoms with van der Waals surface area (Å²) < 4.78 is 88.6. The number of hydrogen-bond donors (Lipinski definition) is 1. The number of ketones is 1. The zero-order valence-electron chi connectivity index (χ0n) is 27.9. The quantitative estimate of drug-likeness (QED) is 0.279. The third-order valence-electron chi connectivity index (χ3n) is 8.48. The van der Waals surface area contributed by atoms with E-state index in [1.54, 1.807) is 34.6 Å². The number of alkyl carbamates (subject to hydrolysis) is 1. The van der Waals surface area contributed by atoms with E-state index in [4.69, 9.17) is 4.74 Å². The second kappa shape index (κ2) is 14.7. The number of carbonyl (C=O) groups is 4. The maximum absolute atomic E-state index is 14.8. The molecule has 0 saturated carbocycles. The highest BCUT2D eigenvalue weighted by Gasteiger charge is 2.42. The number of carbonyl (C=O) groups excluding carboxylic acids is 4. The molecule has 270 valence electrons. The Morgan fingerprint density at radius 2 is 1.67 bits per heavy atom. The maximum atomic E-state index is 14.8. The van der Waals surface area contributed by atoms with E-state index in [9.17, 15) is 45.5 Å². The minimum atomic E-state index is -4.71. The van der Waals surface area contributed by atoms with Gasteiger partial charge in [0.1, 0.15) is 35.1 Å². The van der Waals surface area contributed by atoms with E-state index in [1.807, 2.05) is 0 Å². The molecule has 3 unspecified atom stereocenters. The summed E-state index contributed by atoms with van der Waals surface area (Å²) in [7, 11) is 0. The average Bonchev–Trinajstić information content (AvgIpc) is 3.66. The molecule has 49 heavy (non-hydrogen) atoms. The molecule has 1 fully saturated rings. The minimum absolute atomic E-state index is 0.00600. The molecule has 1 aromatic heterocycles. The molecule has 0 radical (unpaired) electrons. The number of hydrogen-bond acceptors (Lipinski definition) is 7. The van der Waals surface area contributed by atoms with Gasteiger partial charge >= 0.3 is 12.3 Å². The number of aromatic nitrogens is 3. The van der Waals surface area contributed by atoms with Crippen LogP contribution in [0.5, 0.6) is 0 Å². The highest BCUT2D eigenvalue weighted by atomic mass is 19.4. The Morgan fingerprint density at radius 1 is 1.00 bits per heavy atom. The standard InChI is InChI=1S/C32H40F6N6O5/c1-17(2)26(39-30(48)49-31(3,4)5)28(47)43-10-6-7-23(43)27(46)42(16-19-13-21(34)22(35)15-20(19)33)11-9-24(45)18-8-12-44-25(14-18)40-41-29(44)32(36,37)38/h13,15,17-18,23,26H,6-12,14,16H2,1-5H3,(H,39,48). The van der Waals surface area contributed by atoms with Gasteiger partial charge in [-0.3, -0.25) is 14.4 Å². The summed E-state index contributed by atoms with van der Waals surface area (Å²) in [5.74, 6) is -7.85. The fourth-order valence-electron chi connectivity index (χ4n) is 6.04. The predicted molar refractivity (Wildman–Crippen MR) is 161 cm³/mol. The Labute approximate surface area is 279 Å². The minimum Gasteiger partial charge on any atom is -0.444 e. The van der Waals surface area contributed by atoms with Gasteiger partial charge in [-0.2, -0.15) is 13.2 Å². The van der Waals surface area contributed by atoms with E-state index >= 15 is 0 Å². The van der Waals surface area contributed by atoms with Gasteiger partial charge in [0.15, 0.2) is 11.6 Å². The zero-order chi connectivity index (χ0) is 36.4. The van der Waals surface area contributed by atoms with Gasteiger partial charge in [0.2, 0.25) is 17.6 Å². The molecule has 1 saturated heterocycles. The lowest BCUT2D eigenvalue weighted by Gasteiger charge is -2.34. The van der Waals surface area contributed by atoms with Crippen molar-refractivity contribution in [3.05, 3.63) is 46.8 Å². The van der Waals surface area contributed by atoms with Crippen LogP contribution in [0.25, 0.3) is 0 Å². The van der Waals surface area contributed by atoms with Crippen LogP contribution in [0.3, 0.4) is 0 Å². The van der Waals surface area contributed by atoms with Gasteiger partial charge < -0.3 is 24.4 Å². The first kappa shape index (κ1) is 37.6. The summed E-state index contributed by atoms with van der Waals surface area (Å²) in [6.45, 7) is 7.52. The van der Waals surface area contributed by atoms with Gasteiger partial charge in [-0.1, -0.05) is 13.8 Å². The molecule has 0 spiro atoms. The van der Waals surface area contributed by atoms with Crippen molar-refractivity contribution < 1.29 is 50.3 Å². The number of fused-ring (bicyclic) bond motifs is 1. The predicted octanol–water partition coefficient (Wildman–Crippen LogP) is 4.80. The monoisotopic (exact) mass is 702 g/mol. The van der Waals surface area contributed by atoms with E-state index in [0.29, 0.717) is 18.6 Å².